The molecule has 0 unspecified atom stereocenters. The van der Waals surface area contributed by atoms with Crippen molar-refractivity contribution < 1.29 is 9.47 Å². The van der Waals surface area contributed by atoms with Gasteiger partial charge in [0.05, 0.1) is 19.9 Å². The predicted molar refractivity (Wildman–Crippen MR) is 117 cm³/mol. The van der Waals surface area contributed by atoms with Crippen molar-refractivity contribution >= 4 is 18.0 Å². The van der Waals surface area contributed by atoms with Gasteiger partial charge in [-0.25, -0.2) is 0 Å². The van der Waals surface area contributed by atoms with Crippen LogP contribution in [0.5, 0.6) is 11.5 Å². The molecule has 3 aromatic rings. The zero-order chi connectivity index (χ0) is 20.6. The molecular formula is C22H26N4O2S. The van der Waals surface area contributed by atoms with E-state index in [0.717, 1.165) is 28.0 Å². The topological polar surface area (TPSA) is 61.5 Å². The van der Waals surface area contributed by atoms with Crippen molar-refractivity contribution in [1.82, 2.24) is 14.9 Å². The van der Waals surface area contributed by atoms with Crippen LogP contribution in [-0.2, 0) is 5.75 Å². The third-order valence-corrected chi connectivity index (χ3v) is 5.05. The molecule has 0 radical (unpaired) electrons. The monoisotopic (exact) mass is 410 g/mol. The molecule has 0 atom stereocenters. The van der Waals surface area contributed by atoms with Gasteiger partial charge in [-0.15, -0.1) is 10.2 Å². The molecule has 0 amide bonds. The fraction of sp³-hybridized carbons (Fsp3) is 0.318. The van der Waals surface area contributed by atoms with Gasteiger partial charge >= 0.3 is 0 Å². The number of aromatic nitrogens is 3. The third-order valence-electron chi connectivity index (χ3n) is 4.06. The largest absolute Gasteiger partial charge is 0.493 e. The van der Waals surface area contributed by atoms with Gasteiger partial charge in [-0.1, -0.05) is 55.9 Å². The molecule has 7 heteroatoms. The number of nitrogens with zero attached hydrogens (tertiary/aromatic N) is 4. The van der Waals surface area contributed by atoms with E-state index in [9.17, 15) is 0 Å². The highest BCUT2D eigenvalue weighted by atomic mass is 32.2. The fourth-order valence-corrected chi connectivity index (χ4v) is 3.44. The van der Waals surface area contributed by atoms with Crippen molar-refractivity contribution in [3.05, 3.63) is 65.5 Å². The molecule has 0 saturated carbocycles. The maximum absolute atomic E-state index is 5.81. The van der Waals surface area contributed by atoms with Crippen LogP contribution >= 0.6 is 11.8 Å². The molecule has 0 aliphatic carbocycles. The molecule has 0 saturated heterocycles. The van der Waals surface area contributed by atoms with Crippen LogP contribution in [0.15, 0.2) is 58.8 Å². The number of thioether (sulfide) groups is 1. The molecule has 0 spiro atoms. The Labute approximate surface area is 176 Å². The summed E-state index contributed by atoms with van der Waals surface area (Å²) < 4.78 is 13.0. The Balaban J connectivity index is 1.73. The minimum atomic E-state index is 0.449. The molecule has 0 fully saturated rings. The smallest absolute Gasteiger partial charge is 0.212 e. The predicted octanol–water partition coefficient (Wildman–Crippen LogP) is 4.80. The number of methoxy groups -OCH3 is 1. The number of hydrogen-bond donors (Lipinski definition) is 0. The fourth-order valence-electron chi connectivity index (χ4n) is 2.55. The summed E-state index contributed by atoms with van der Waals surface area (Å²) in [7, 11) is 1.64. The summed E-state index contributed by atoms with van der Waals surface area (Å²) in [6, 6.07) is 16.1. The first kappa shape index (κ1) is 20.9. The average molecular weight is 411 g/mol. The Bertz CT molecular complexity index is 955. The van der Waals surface area contributed by atoms with Crippen LogP contribution in [0, 0.1) is 12.8 Å². The highest BCUT2D eigenvalue weighted by Gasteiger charge is 2.10. The lowest BCUT2D eigenvalue weighted by molar-refractivity contribution is 0.257. The highest BCUT2D eigenvalue weighted by molar-refractivity contribution is 7.98. The van der Waals surface area contributed by atoms with Gasteiger partial charge in [0.1, 0.15) is 0 Å². The van der Waals surface area contributed by atoms with E-state index in [1.165, 1.54) is 5.56 Å². The Hall–Kier alpha value is -2.80. The zero-order valence-electron chi connectivity index (χ0n) is 17.2. The van der Waals surface area contributed by atoms with E-state index < -0.39 is 0 Å². The van der Waals surface area contributed by atoms with Crippen molar-refractivity contribution in [1.29, 1.82) is 0 Å². The first-order valence-electron chi connectivity index (χ1n) is 9.50. The number of ether oxygens (including phenoxy) is 2. The summed E-state index contributed by atoms with van der Waals surface area (Å²) >= 11 is 1.61. The summed E-state index contributed by atoms with van der Waals surface area (Å²) in [6.07, 6.45) is 1.78. The Morgan fingerprint density at radius 3 is 2.62 bits per heavy atom. The van der Waals surface area contributed by atoms with Crippen LogP contribution in [0.25, 0.3) is 0 Å². The normalized spacial score (nSPS) is 11.3. The van der Waals surface area contributed by atoms with E-state index in [-0.39, 0.29) is 0 Å². The third kappa shape index (κ3) is 5.84. The number of rotatable bonds is 9. The van der Waals surface area contributed by atoms with Crippen molar-refractivity contribution in [2.45, 2.75) is 31.7 Å². The van der Waals surface area contributed by atoms with Gasteiger partial charge in [-0.05, 0) is 42.2 Å². The van der Waals surface area contributed by atoms with E-state index in [1.807, 2.05) is 43.3 Å². The molecule has 1 heterocycles. The number of benzene rings is 2. The molecule has 0 aliphatic rings. The molecular weight excluding hydrogens is 384 g/mol. The molecule has 0 aliphatic heterocycles. The van der Waals surface area contributed by atoms with E-state index in [4.69, 9.17) is 9.47 Å². The summed E-state index contributed by atoms with van der Waals surface area (Å²) in [4.78, 5) is 0. The Morgan fingerprint density at radius 2 is 1.90 bits per heavy atom. The summed E-state index contributed by atoms with van der Waals surface area (Å²) in [5.41, 5.74) is 2.14. The average Bonchev–Trinajstić information content (AvgIpc) is 3.09. The van der Waals surface area contributed by atoms with Gasteiger partial charge in [0.25, 0.3) is 0 Å². The maximum atomic E-state index is 5.81. The van der Waals surface area contributed by atoms with E-state index >= 15 is 0 Å². The molecule has 2 aromatic carbocycles. The van der Waals surface area contributed by atoms with E-state index in [0.29, 0.717) is 18.3 Å². The van der Waals surface area contributed by atoms with Gasteiger partial charge in [0, 0.05) is 5.75 Å². The lowest BCUT2D eigenvalue weighted by Crippen LogP contribution is -2.05. The lowest BCUT2D eigenvalue weighted by Gasteiger charge is -2.12. The molecule has 1 aromatic heterocycles. The Morgan fingerprint density at radius 1 is 1.10 bits per heavy atom. The van der Waals surface area contributed by atoms with Gasteiger partial charge < -0.3 is 9.47 Å². The second-order valence-corrected chi connectivity index (χ2v) is 7.92. The van der Waals surface area contributed by atoms with E-state index in [2.05, 4.69) is 41.3 Å². The van der Waals surface area contributed by atoms with Crippen molar-refractivity contribution in [3.8, 4) is 11.5 Å². The SMILES string of the molecule is COc1cc(/C=N/n2c(C)nnc2SCc2ccccc2)ccc1OCC(C)C. The summed E-state index contributed by atoms with van der Waals surface area (Å²) in [6.45, 7) is 6.76. The quantitative estimate of drug-likeness (QED) is 0.374. The summed E-state index contributed by atoms with van der Waals surface area (Å²) in [5.74, 6) is 3.42. The van der Waals surface area contributed by atoms with Crippen LogP contribution in [0.2, 0.25) is 0 Å². The molecule has 0 bridgehead atoms. The zero-order valence-corrected chi connectivity index (χ0v) is 18.0. The number of hydrogen-bond acceptors (Lipinski definition) is 6. The summed E-state index contributed by atoms with van der Waals surface area (Å²) in [5, 5.41) is 13.7. The standard InChI is InChI=1S/C22H26N4O2S/c1-16(2)14-28-20-11-10-19(12-21(20)27-4)13-23-26-17(3)24-25-22(26)29-15-18-8-6-5-7-9-18/h5-13,16H,14-15H2,1-4H3/b23-13+. The van der Waals surface area contributed by atoms with Crippen LogP contribution < -0.4 is 9.47 Å². The maximum Gasteiger partial charge on any atom is 0.212 e. The van der Waals surface area contributed by atoms with Crippen LogP contribution in [0.1, 0.15) is 30.8 Å². The first-order chi connectivity index (χ1) is 14.1. The van der Waals surface area contributed by atoms with Gasteiger partial charge in [-0.2, -0.15) is 9.78 Å². The van der Waals surface area contributed by atoms with Crippen molar-refractivity contribution in [2.75, 3.05) is 13.7 Å². The minimum absolute atomic E-state index is 0.449. The minimum Gasteiger partial charge on any atom is -0.493 e. The highest BCUT2D eigenvalue weighted by Crippen LogP contribution is 2.28. The second kappa shape index (κ2) is 10.1. The number of aryl methyl sites for hydroxylation is 1. The van der Waals surface area contributed by atoms with Gasteiger partial charge in [0.15, 0.2) is 17.3 Å². The van der Waals surface area contributed by atoms with E-state index in [1.54, 1.807) is 29.8 Å². The van der Waals surface area contributed by atoms with Crippen LogP contribution in [0.3, 0.4) is 0 Å². The molecule has 0 N–H and O–H groups in total. The molecule has 152 valence electrons. The van der Waals surface area contributed by atoms with Crippen molar-refractivity contribution in [3.63, 3.8) is 0 Å². The second-order valence-electron chi connectivity index (χ2n) is 6.98. The molecule has 6 nitrogen and oxygen atoms in total. The lowest BCUT2D eigenvalue weighted by atomic mass is 10.2. The Kier molecular flexibility index (Phi) is 7.30. The van der Waals surface area contributed by atoms with Crippen LogP contribution in [-0.4, -0.2) is 34.8 Å². The van der Waals surface area contributed by atoms with Crippen molar-refractivity contribution in [2.24, 2.45) is 11.0 Å². The van der Waals surface area contributed by atoms with Gasteiger partial charge in [0.2, 0.25) is 5.16 Å². The van der Waals surface area contributed by atoms with Crippen LogP contribution in [0.4, 0.5) is 0 Å². The first-order valence-corrected chi connectivity index (χ1v) is 10.5. The molecule has 29 heavy (non-hydrogen) atoms. The molecule has 3 rings (SSSR count). The van der Waals surface area contributed by atoms with Gasteiger partial charge in [-0.3, -0.25) is 0 Å².